The van der Waals surface area contributed by atoms with E-state index in [1.807, 2.05) is 19.1 Å². The van der Waals surface area contributed by atoms with Gasteiger partial charge in [0, 0.05) is 20.6 Å². The second-order valence-electron chi connectivity index (χ2n) is 2.23. The van der Waals surface area contributed by atoms with Gasteiger partial charge in [-0.1, -0.05) is 6.92 Å². The van der Waals surface area contributed by atoms with Crippen LogP contribution in [0.1, 0.15) is 13.3 Å². The van der Waals surface area contributed by atoms with Crippen LogP contribution < -0.4 is 5.43 Å². The molecule has 2 nitrogen and oxygen atoms in total. The van der Waals surface area contributed by atoms with Crippen LogP contribution in [0.5, 0.6) is 0 Å². The van der Waals surface area contributed by atoms with Crippen LogP contribution in [-0.4, -0.2) is 35.1 Å². The van der Waals surface area contributed by atoms with Crippen LogP contribution in [0.2, 0.25) is 0 Å². The first-order valence-corrected chi connectivity index (χ1v) is 29.0. The van der Waals surface area contributed by atoms with Crippen LogP contribution in [0.3, 0.4) is 0 Å². The van der Waals surface area contributed by atoms with E-state index in [0.717, 1.165) is 6.54 Å². The zero-order valence-corrected chi connectivity index (χ0v) is 16.6. The zero-order valence-electron chi connectivity index (χ0n) is 7.37. The molecule has 0 atom stereocenters. The normalized spacial score (nSPS) is 11.0. The summed E-state index contributed by atoms with van der Waals surface area (Å²) in [4.78, 5) is 0. The minimum absolute atomic E-state index is 1.08. The molecule has 0 aromatic heterocycles. The van der Waals surface area contributed by atoms with Gasteiger partial charge in [-0.25, -0.2) is 0 Å². The van der Waals surface area contributed by atoms with Crippen LogP contribution in [-0.2, 0) is 0 Å². The van der Waals surface area contributed by atoms with Gasteiger partial charge in [0.2, 0.25) is 0 Å². The molecule has 0 fully saturated rings. The molecule has 0 unspecified atom stereocenters. The first-order valence-electron chi connectivity index (χ1n) is 3.43. The van der Waals surface area contributed by atoms with Crippen molar-refractivity contribution in [3.05, 3.63) is 0 Å². The van der Waals surface area contributed by atoms with Gasteiger partial charge in [0.05, 0.1) is 0 Å². The summed E-state index contributed by atoms with van der Waals surface area (Å²) >= 11 is 13.3. The van der Waals surface area contributed by atoms with Gasteiger partial charge in [-0.2, -0.15) is 0 Å². The maximum absolute atomic E-state index is 3.34. The Morgan fingerprint density at radius 1 is 1.17 bits per heavy atom. The van der Waals surface area contributed by atoms with E-state index < -0.39 is 9.49 Å². The predicted molar refractivity (Wildman–Crippen MR) is 73.4 cm³/mol. The maximum atomic E-state index is 3.34. The first kappa shape index (κ1) is 17.0. The predicted octanol–water partition coefficient (Wildman–Crippen LogP) is 3.46. The molecule has 0 amide bonds. The molecule has 0 aliphatic heterocycles. The monoisotopic (exact) mass is 538 g/mol. The number of hydrogen-bond donors (Lipinski definition) is 1. The van der Waals surface area contributed by atoms with Crippen molar-refractivity contribution in [1.82, 2.24) is 10.4 Å². The van der Waals surface area contributed by atoms with Crippen molar-refractivity contribution in [3.8, 4) is 0 Å². The zero-order chi connectivity index (χ0) is 10.2. The second kappa shape index (κ2) is 10.2. The molecule has 0 heterocycles. The third kappa shape index (κ3) is 38.8. The number of halogens is 4. The summed E-state index contributed by atoms with van der Waals surface area (Å²) < 4.78 is 0. The molecule has 0 radical (unpaired) electrons. The van der Waals surface area contributed by atoms with E-state index in [9.17, 15) is 0 Å². The summed E-state index contributed by atoms with van der Waals surface area (Å²) in [6.07, 6.45) is 1.19. The van der Waals surface area contributed by atoms with Crippen LogP contribution in [0, 0.1) is 0 Å². The number of rotatable bonds is 3. The average Bonchev–Trinajstić information content (AvgIpc) is 1.79. The summed E-state index contributed by atoms with van der Waals surface area (Å²) in [5, 5.41) is 1.96. The SMILES string of the molecule is CCCNN(C)C.[Br][Sn]([Br])([Br])[Br]. The molecular formula is C5H14Br4N2Sn. The van der Waals surface area contributed by atoms with Crippen LogP contribution in [0.25, 0.3) is 0 Å². The van der Waals surface area contributed by atoms with Gasteiger partial charge >= 0.3 is 60.3 Å². The van der Waals surface area contributed by atoms with Crippen molar-refractivity contribution in [1.29, 1.82) is 0 Å². The Balaban J connectivity index is 0. The van der Waals surface area contributed by atoms with Gasteiger partial charge in [-0.05, 0) is 6.42 Å². The Hall–Kier alpha value is 2.64. The Morgan fingerprint density at radius 2 is 1.50 bits per heavy atom. The molecule has 0 bridgehead atoms. The molecule has 0 saturated carbocycles. The molecule has 0 aromatic carbocycles. The fourth-order valence-corrected chi connectivity index (χ4v) is 0.335. The molecule has 12 heavy (non-hydrogen) atoms. The van der Waals surface area contributed by atoms with Crippen molar-refractivity contribution >= 4 is 60.3 Å². The molecule has 0 aliphatic carbocycles. The van der Waals surface area contributed by atoms with Crippen molar-refractivity contribution in [2.24, 2.45) is 0 Å². The molecule has 0 aromatic rings. The topological polar surface area (TPSA) is 15.3 Å². The Bertz CT molecular complexity index is 89.9. The Morgan fingerprint density at radius 3 is 1.58 bits per heavy atom. The number of hydrogen-bond acceptors (Lipinski definition) is 2. The standard InChI is InChI=1S/C5H14N2.4BrH.Sn/c1-4-5-6-7(2)3;;;;;/h6H,4-5H2,1-3H3;4*1H;/q;;;;;+4/p-4. The van der Waals surface area contributed by atoms with Crippen molar-refractivity contribution in [2.75, 3.05) is 20.6 Å². The fraction of sp³-hybridized carbons (Fsp3) is 1.00. The van der Waals surface area contributed by atoms with Gasteiger partial charge in [0.1, 0.15) is 0 Å². The molecule has 0 rings (SSSR count). The molecule has 1 N–H and O–H groups in total. The second-order valence-corrected chi connectivity index (χ2v) is 79.4. The number of hydrazine groups is 1. The number of nitrogens with zero attached hydrogens (tertiary/aromatic N) is 1. The van der Waals surface area contributed by atoms with E-state index >= 15 is 0 Å². The Kier molecular flexibility index (Phi) is 14.4. The van der Waals surface area contributed by atoms with Crippen LogP contribution in [0.15, 0.2) is 0 Å². The van der Waals surface area contributed by atoms with Crippen molar-refractivity contribution in [2.45, 2.75) is 13.3 Å². The van der Waals surface area contributed by atoms with Crippen molar-refractivity contribution < 1.29 is 0 Å². The van der Waals surface area contributed by atoms with Crippen LogP contribution in [0.4, 0.5) is 0 Å². The summed E-state index contributed by atoms with van der Waals surface area (Å²) in [7, 11) is 2.06. The third-order valence-corrected chi connectivity index (χ3v) is 0.678. The van der Waals surface area contributed by atoms with Crippen LogP contribution >= 0.6 is 50.8 Å². The first-order chi connectivity index (χ1) is 5.27. The summed E-state index contributed by atoms with van der Waals surface area (Å²) in [5.74, 6) is 0. The summed E-state index contributed by atoms with van der Waals surface area (Å²) in [6, 6.07) is 0. The molecule has 7 heteroatoms. The van der Waals surface area contributed by atoms with Gasteiger partial charge in [-0.15, -0.1) is 0 Å². The molecular weight excluding hydrogens is 526 g/mol. The molecule has 0 saturated heterocycles. The van der Waals surface area contributed by atoms with E-state index in [-0.39, 0.29) is 0 Å². The molecule has 76 valence electrons. The van der Waals surface area contributed by atoms with Gasteiger partial charge in [-0.3, -0.25) is 10.4 Å². The van der Waals surface area contributed by atoms with E-state index in [2.05, 4.69) is 63.2 Å². The fourth-order valence-electron chi connectivity index (χ4n) is 0.335. The summed E-state index contributed by atoms with van der Waals surface area (Å²) in [5.41, 5.74) is 3.13. The van der Waals surface area contributed by atoms with E-state index in [4.69, 9.17) is 0 Å². The van der Waals surface area contributed by atoms with E-state index in [1.54, 1.807) is 0 Å². The summed E-state index contributed by atoms with van der Waals surface area (Å²) in [6.45, 7) is 3.23. The average molecular weight is 541 g/mol. The van der Waals surface area contributed by atoms with Crippen molar-refractivity contribution in [3.63, 3.8) is 0 Å². The third-order valence-electron chi connectivity index (χ3n) is 0.678. The quantitative estimate of drug-likeness (QED) is 0.436. The van der Waals surface area contributed by atoms with E-state index in [1.165, 1.54) is 6.42 Å². The van der Waals surface area contributed by atoms with Gasteiger partial charge in [0.25, 0.3) is 0 Å². The molecule has 0 aliphatic rings. The van der Waals surface area contributed by atoms with Gasteiger partial charge < -0.3 is 0 Å². The number of nitrogens with one attached hydrogen (secondary N) is 1. The van der Waals surface area contributed by atoms with E-state index in [0.29, 0.717) is 0 Å². The Labute approximate surface area is 103 Å². The minimum atomic E-state index is -1.93. The van der Waals surface area contributed by atoms with Gasteiger partial charge in [0.15, 0.2) is 0 Å². The molecule has 0 spiro atoms.